The van der Waals surface area contributed by atoms with E-state index in [1.807, 2.05) is 6.92 Å². The van der Waals surface area contributed by atoms with Gasteiger partial charge in [-0.2, -0.15) is 8.78 Å². The van der Waals surface area contributed by atoms with Gasteiger partial charge in [0.1, 0.15) is 12.4 Å². The summed E-state index contributed by atoms with van der Waals surface area (Å²) in [5.74, 6) is -2.63. The van der Waals surface area contributed by atoms with E-state index in [0.717, 1.165) is 56.8 Å². The third-order valence-electron chi connectivity index (χ3n) is 6.14. The number of morpholine rings is 1. The maximum atomic E-state index is 13.9. The molecule has 0 bridgehead atoms. The van der Waals surface area contributed by atoms with Gasteiger partial charge in [0.25, 0.3) is 5.92 Å². The van der Waals surface area contributed by atoms with Crippen molar-refractivity contribution in [2.24, 2.45) is 0 Å². The first kappa shape index (κ1) is 22.3. The third-order valence-corrected chi connectivity index (χ3v) is 6.31. The molecule has 31 heavy (non-hydrogen) atoms. The molecule has 1 saturated heterocycles. The molecule has 2 N–H and O–H groups in total. The molecule has 1 fully saturated rings. The van der Waals surface area contributed by atoms with Crippen LogP contribution >= 0.6 is 11.6 Å². The highest BCUT2D eigenvalue weighted by atomic mass is 35.5. The first-order chi connectivity index (χ1) is 14.9. The highest BCUT2D eigenvalue weighted by Gasteiger charge is 2.32. The van der Waals surface area contributed by atoms with Gasteiger partial charge < -0.3 is 15.2 Å². The van der Waals surface area contributed by atoms with Crippen LogP contribution in [-0.4, -0.2) is 58.9 Å². The molecule has 1 aliphatic carbocycles. The lowest BCUT2D eigenvalue weighted by Crippen LogP contribution is -2.46. The van der Waals surface area contributed by atoms with Gasteiger partial charge in [-0.1, -0.05) is 18.2 Å². The summed E-state index contributed by atoms with van der Waals surface area (Å²) in [6, 6.07) is 6.20. The second kappa shape index (κ2) is 9.32. The lowest BCUT2D eigenvalue weighted by Gasteiger charge is -2.37. The van der Waals surface area contributed by atoms with E-state index in [2.05, 4.69) is 20.2 Å². The topological polar surface area (TPSA) is 70.5 Å². The molecule has 2 atom stereocenters. The first-order valence-electron chi connectivity index (χ1n) is 10.6. The minimum absolute atomic E-state index is 0.179. The van der Waals surface area contributed by atoms with Crippen LogP contribution in [-0.2, 0) is 23.5 Å². The predicted molar refractivity (Wildman–Crippen MR) is 115 cm³/mol. The van der Waals surface area contributed by atoms with Crippen molar-refractivity contribution in [1.82, 2.24) is 14.9 Å². The Balaban J connectivity index is 1.57. The third kappa shape index (κ3) is 4.98. The number of nitrogens with one attached hydrogen (secondary N) is 1. The SMILES string of the molecule is C[C@@H](Nc1nc(Cl)nc2c1CC(N1CCOCC1)CC2)c1cccc(C(F)(F)CO)c1. The number of hydrogen-bond acceptors (Lipinski definition) is 6. The van der Waals surface area contributed by atoms with E-state index in [4.69, 9.17) is 21.4 Å². The number of halogens is 3. The molecule has 6 nitrogen and oxygen atoms in total. The molecule has 9 heteroatoms. The first-order valence-corrected chi connectivity index (χ1v) is 11.0. The molecule has 0 radical (unpaired) electrons. The zero-order valence-corrected chi connectivity index (χ0v) is 18.2. The summed E-state index contributed by atoms with van der Waals surface area (Å²) in [5.41, 5.74) is 2.45. The number of alkyl halides is 2. The van der Waals surface area contributed by atoms with Gasteiger partial charge >= 0.3 is 0 Å². The van der Waals surface area contributed by atoms with Crippen molar-refractivity contribution in [3.8, 4) is 0 Å². The number of anilines is 1. The number of aryl methyl sites for hydroxylation is 1. The Kier molecular flexibility index (Phi) is 6.71. The summed E-state index contributed by atoms with van der Waals surface area (Å²) in [7, 11) is 0. The van der Waals surface area contributed by atoms with Crippen LogP contribution in [0.15, 0.2) is 24.3 Å². The summed E-state index contributed by atoms with van der Waals surface area (Å²) in [5, 5.41) is 12.5. The van der Waals surface area contributed by atoms with E-state index in [-0.39, 0.29) is 16.9 Å². The van der Waals surface area contributed by atoms with E-state index in [1.165, 1.54) is 12.1 Å². The highest BCUT2D eigenvalue weighted by molar-refractivity contribution is 6.28. The molecule has 168 valence electrons. The predicted octanol–water partition coefficient (Wildman–Crippen LogP) is 3.58. The molecule has 0 amide bonds. The van der Waals surface area contributed by atoms with Gasteiger partial charge in [0, 0.05) is 36.3 Å². The number of ether oxygens (including phenoxy) is 1. The molecule has 1 aromatic carbocycles. The minimum Gasteiger partial charge on any atom is -0.390 e. The van der Waals surface area contributed by atoms with Crippen LogP contribution in [0.25, 0.3) is 0 Å². The molecule has 0 spiro atoms. The Morgan fingerprint density at radius 2 is 2.10 bits per heavy atom. The Bertz CT molecular complexity index is 924. The number of aliphatic hydroxyl groups excluding tert-OH is 1. The van der Waals surface area contributed by atoms with Crippen LogP contribution in [0.3, 0.4) is 0 Å². The summed E-state index contributed by atoms with van der Waals surface area (Å²) >= 11 is 6.18. The normalized spacial score (nSPS) is 20.9. The molecule has 1 unspecified atom stereocenters. The maximum absolute atomic E-state index is 13.9. The molecule has 2 aliphatic rings. The van der Waals surface area contributed by atoms with Gasteiger partial charge in [-0.05, 0) is 49.4 Å². The minimum atomic E-state index is -3.28. The van der Waals surface area contributed by atoms with Gasteiger partial charge in [0.2, 0.25) is 5.28 Å². The fourth-order valence-electron chi connectivity index (χ4n) is 4.35. The average Bonchev–Trinajstić information content (AvgIpc) is 2.79. The van der Waals surface area contributed by atoms with Crippen molar-refractivity contribution in [1.29, 1.82) is 0 Å². The molecular formula is C22H27ClF2N4O2. The quantitative estimate of drug-likeness (QED) is 0.653. The van der Waals surface area contributed by atoms with Gasteiger partial charge in [-0.15, -0.1) is 0 Å². The standard InChI is InChI=1S/C22H27ClF2N4O2/c1-14(15-3-2-4-16(11-15)22(24,25)13-30)26-20-18-12-17(29-7-9-31-10-8-29)5-6-19(18)27-21(23)28-20/h2-4,11,14,17,30H,5-10,12-13H2,1H3,(H,26,27,28)/t14-,17?/m1/s1. The summed E-state index contributed by atoms with van der Waals surface area (Å²) in [6.07, 6.45) is 2.64. The molecule has 1 aromatic heterocycles. The van der Waals surface area contributed by atoms with Gasteiger partial charge in [0.05, 0.1) is 18.9 Å². The Morgan fingerprint density at radius 3 is 2.84 bits per heavy atom. The number of fused-ring (bicyclic) bond motifs is 1. The number of hydrogen-bond donors (Lipinski definition) is 2. The van der Waals surface area contributed by atoms with Crippen LogP contribution in [0.5, 0.6) is 0 Å². The zero-order valence-electron chi connectivity index (χ0n) is 17.5. The Hall–Kier alpha value is -1.87. The zero-order chi connectivity index (χ0) is 22.0. The summed E-state index contributed by atoms with van der Waals surface area (Å²) in [6.45, 7) is 3.99. The van der Waals surface area contributed by atoms with E-state index in [9.17, 15) is 8.78 Å². The van der Waals surface area contributed by atoms with Crippen LogP contribution < -0.4 is 5.32 Å². The van der Waals surface area contributed by atoms with E-state index < -0.39 is 12.5 Å². The highest BCUT2D eigenvalue weighted by Crippen LogP contribution is 2.33. The van der Waals surface area contributed by atoms with Crippen molar-refractivity contribution in [3.05, 3.63) is 51.9 Å². The number of aromatic nitrogens is 2. The fraction of sp³-hybridized carbons (Fsp3) is 0.545. The van der Waals surface area contributed by atoms with Crippen LogP contribution in [0.2, 0.25) is 5.28 Å². The summed E-state index contributed by atoms with van der Waals surface area (Å²) < 4.78 is 33.3. The van der Waals surface area contributed by atoms with Gasteiger partial charge in [0.15, 0.2) is 0 Å². The van der Waals surface area contributed by atoms with Crippen LogP contribution in [0.4, 0.5) is 14.6 Å². The molecule has 4 rings (SSSR count). The van der Waals surface area contributed by atoms with Crippen molar-refractivity contribution >= 4 is 17.4 Å². The lowest BCUT2D eigenvalue weighted by molar-refractivity contribution is -0.0556. The number of nitrogens with zero attached hydrogens (tertiary/aromatic N) is 3. The van der Waals surface area contributed by atoms with Crippen molar-refractivity contribution in [2.45, 2.75) is 44.2 Å². The molecule has 1 aliphatic heterocycles. The van der Waals surface area contributed by atoms with E-state index in [0.29, 0.717) is 17.4 Å². The number of rotatable bonds is 6. The largest absolute Gasteiger partial charge is 0.390 e. The van der Waals surface area contributed by atoms with Crippen LogP contribution in [0.1, 0.15) is 41.8 Å². The molecular weight excluding hydrogens is 426 g/mol. The van der Waals surface area contributed by atoms with E-state index in [1.54, 1.807) is 12.1 Å². The summed E-state index contributed by atoms with van der Waals surface area (Å²) in [4.78, 5) is 11.3. The Morgan fingerprint density at radius 1 is 1.32 bits per heavy atom. The van der Waals surface area contributed by atoms with Crippen molar-refractivity contribution in [2.75, 3.05) is 38.2 Å². The molecule has 2 heterocycles. The van der Waals surface area contributed by atoms with Gasteiger partial charge in [-0.3, -0.25) is 4.90 Å². The van der Waals surface area contributed by atoms with Gasteiger partial charge in [-0.25, -0.2) is 9.97 Å². The van der Waals surface area contributed by atoms with E-state index >= 15 is 0 Å². The lowest BCUT2D eigenvalue weighted by atomic mass is 9.90. The van der Waals surface area contributed by atoms with Crippen LogP contribution in [0, 0.1) is 0 Å². The Labute approximate surface area is 185 Å². The monoisotopic (exact) mass is 452 g/mol. The average molecular weight is 453 g/mol. The second-order valence-electron chi connectivity index (χ2n) is 8.17. The fourth-order valence-corrected chi connectivity index (χ4v) is 4.54. The smallest absolute Gasteiger partial charge is 0.295 e. The van der Waals surface area contributed by atoms with Crippen molar-refractivity contribution < 1.29 is 18.6 Å². The number of aliphatic hydroxyl groups is 1. The van der Waals surface area contributed by atoms with Crippen molar-refractivity contribution in [3.63, 3.8) is 0 Å². The molecule has 2 aromatic rings. The maximum Gasteiger partial charge on any atom is 0.295 e. The second-order valence-corrected chi connectivity index (χ2v) is 8.50. The molecule has 0 saturated carbocycles. The number of benzene rings is 1.